The van der Waals surface area contributed by atoms with Crippen LogP contribution < -0.4 is 4.74 Å². The van der Waals surface area contributed by atoms with Gasteiger partial charge in [0.2, 0.25) is 0 Å². The van der Waals surface area contributed by atoms with Crippen LogP contribution in [0.2, 0.25) is 0 Å². The zero-order chi connectivity index (χ0) is 12.1. The first-order chi connectivity index (χ1) is 7.58. The van der Waals surface area contributed by atoms with Crippen LogP contribution in [0.1, 0.15) is 37.0 Å². The number of halogens is 1. The van der Waals surface area contributed by atoms with Gasteiger partial charge in [-0.1, -0.05) is 20.3 Å². The number of methoxy groups -OCH3 is 1. The molecule has 0 amide bonds. The van der Waals surface area contributed by atoms with E-state index in [2.05, 4.69) is 0 Å². The van der Waals surface area contributed by atoms with Gasteiger partial charge < -0.3 is 4.74 Å². The number of carbonyl (C=O) groups is 1. The van der Waals surface area contributed by atoms with E-state index in [9.17, 15) is 9.18 Å². The largest absolute Gasteiger partial charge is 0.497 e. The predicted octanol–water partition coefficient (Wildman–Crippen LogP) is 3.45. The van der Waals surface area contributed by atoms with Crippen molar-refractivity contribution in [3.63, 3.8) is 0 Å². The molecule has 2 nitrogen and oxygen atoms in total. The van der Waals surface area contributed by atoms with Crippen molar-refractivity contribution in [2.75, 3.05) is 7.11 Å². The van der Waals surface area contributed by atoms with E-state index in [4.69, 9.17) is 4.74 Å². The molecule has 0 spiro atoms. The fraction of sp³-hybridized carbons (Fsp3) is 0.462. The molecule has 0 fully saturated rings. The zero-order valence-electron chi connectivity index (χ0n) is 9.92. The van der Waals surface area contributed by atoms with Crippen molar-refractivity contribution in [2.45, 2.75) is 26.7 Å². The summed E-state index contributed by atoms with van der Waals surface area (Å²) in [5.74, 6) is 0.0637. The highest BCUT2D eigenvalue weighted by Gasteiger charge is 2.14. The Morgan fingerprint density at radius 1 is 1.50 bits per heavy atom. The van der Waals surface area contributed by atoms with Gasteiger partial charge in [-0.05, 0) is 18.1 Å². The molecule has 1 aromatic rings. The number of Topliss-reactive ketones (excluding diaryl/α,β-unsaturated/α-hetero) is 1. The summed E-state index contributed by atoms with van der Waals surface area (Å²) in [7, 11) is 1.47. The molecule has 1 atom stereocenters. The Morgan fingerprint density at radius 2 is 2.19 bits per heavy atom. The lowest BCUT2D eigenvalue weighted by molar-refractivity contribution is 0.0959. The third kappa shape index (κ3) is 3.05. The molecule has 0 aliphatic rings. The number of rotatable bonds is 5. The molecule has 0 saturated carbocycles. The second-order valence-electron chi connectivity index (χ2n) is 3.99. The molecule has 16 heavy (non-hydrogen) atoms. The Hall–Kier alpha value is -1.38. The molecule has 1 rings (SSSR count). The van der Waals surface area contributed by atoms with E-state index in [0.29, 0.717) is 12.2 Å². The highest BCUT2D eigenvalue weighted by Crippen LogP contribution is 2.19. The molecule has 0 bridgehead atoms. The number of hydrogen-bond donors (Lipinski definition) is 0. The quantitative estimate of drug-likeness (QED) is 0.716. The molecule has 0 aromatic heterocycles. The van der Waals surface area contributed by atoms with E-state index < -0.39 is 5.82 Å². The SMILES string of the molecule is CCC(C)CC(=O)c1ccc(OC)cc1F. The molecule has 0 saturated heterocycles. The lowest BCUT2D eigenvalue weighted by Gasteiger charge is -2.08. The summed E-state index contributed by atoms with van der Waals surface area (Å²) in [5, 5.41) is 0. The number of ether oxygens (including phenoxy) is 1. The summed E-state index contributed by atoms with van der Waals surface area (Å²) in [4.78, 5) is 11.8. The number of carbonyl (C=O) groups excluding carboxylic acids is 1. The molecule has 0 radical (unpaired) electrons. The standard InChI is InChI=1S/C13H17FO2/c1-4-9(2)7-13(15)11-6-5-10(16-3)8-12(11)14/h5-6,8-9H,4,7H2,1-3H3. The maximum absolute atomic E-state index is 13.5. The van der Waals surface area contributed by atoms with Crippen molar-refractivity contribution in [3.8, 4) is 5.75 Å². The molecule has 3 heteroatoms. The van der Waals surface area contributed by atoms with Crippen LogP contribution >= 0.6 is 0 Å². The van der Waals surface area contributed by atoms with Crippen LogP contribution in [0.3, 0.4) is 0 Å². The van der Waals surface area contributed by atoms with Gasteiger partial charge in [-0.25, -0.2) is 4.39 Å². The highest BCUT2D eigenvalue weighted by atomic mass is 19.1. The smallest absolute Gasteiger partial charge is 0.166 e. The summed E-state index contributed by atoms with van der Waals surface area (Å²) in [5.41, 5.74) is 0.154. The van der Waals surface area contributed by atoms with Crippen molar-refractivity contribution >= 4 is 5.78 Å². The summed E-state index contributed by atoms with van der Waals surface area (Å²) < 4.78 is 18.4. The molecular formula is C13H17FO2. The van der Waals surface area contributed by atoms with Gasteiger partial charge in [-0.15, -0.1) is 0 Å². The third-order valence-electron chi connectivity index (χ3n) is 2.71. The highest BCUT2D eigenvalue weighted by molar-refractivity contribution is 5.96. The van der Waals surface area contributed by atoms with Crippen LogP contribution in [-0.4, -0.2) is 12.9 Å². The molecule has 0 N–H and O–H groups in total. The average molecular weight is 224 g/mol. The van der Waals surface area contributed by atoms with Crippen LogP contribution in [0, 0.1) is 11.7 Å². The van der Waals surface area contributed by atoms with E-state index in [0.717, 1.165) is 6.42 Å². The van der Waals surface area contributed by atoms with Gasteiger partial charge in [0.05, 0.1) is 12.7 Å². The topological polar surface area (TPSA) is 26.3 Å². The molecule has 0 heterocycles. The van der Waals surface area contributed by atoms with Crippen LogP contribution in [0.5, 0.6) is 5.75 Å². The van der Waals surface area contributed by atoms with Gasteiger partial charge in [0.25, 0.3) is 0 Å². The summed E-state index contributed by atoms with van der Waals surface area (Å²) >= 11 is 0. The molecule has 88 valence electrons. The van der Waals surface area contributed by atoms with E-state index in [1.807, 2.05) is 13.8 Å². The fourth-order valence-corrected chi connectivity index (χ4v) is 1.42. The Labute approximate surface area is 95.4 Å². The van der Waals surface area contributed by atoms with E-state index >= 15 is 0 Å². The van der Waals surface area contributed by atoms with Crippen LogP contribution in [0.15, 0.2) is 18.2 Å². The average Bonchev–Trinajstić information content (AvgIpc) is 2.28. The van der Waals surface area contributed by atoms with Crippen LogP contribution in [-0.2, 0) is 0 Å². The number of ketones is 1. The maximum Gasteiger partial charge on any atom is 0.166 e. The molecule has 1 unspecified atom stereocenters. The van der Waals surface area contributed by atoms with Crippen molar-refractivity contribution in [1.29, 1.82) is 0 Å². The summed E-state index contributed by atoms with van der Waals surface area (Å²) in [6, 6.07) is 4.33. The Bertz CT molecular complexity index is 374. The van der Waals surface area contributed by atoms with Crippen LogP contribution in [0.4, 0.5) is 4.39 Å². The molecular weight excluding hydrogens is 207 g/mol. The van der Waals surface area contributed by atoms with E-state index in [1.165, 1.54) is 19.2 Å². The van der Waals surface area contributed by atoms with Gasteiger partial charge in [0.1, 0.15) is 11.6 Å². The molecule has 0 aliphatic heterocycles. The predicted molar refractivity (Wildman–Crippen MR) is 61.4 cm³/mol. The first kappa shape index (κ1) is 12.7. The molecule has 1 aromatic carbocycles. The molecule has 0 aliphatic carbocycles. The minimum atomic E-state index is -0.507. The first-order valence-electron chi connectivity index (χ1n) is 5.45. The number of benzene rings is 1. The monoisotopic (exact) mass is 224 g/mol. The van der Waals surface area contributed by atoms with Gasteiger partial charge in [-0.2, -0.15) is 0 Å². The normalized spacial score (nSPS) is 12.2. The van der Waals surface area contributed by atoms with Crippen molar-refractivity contribution < 1.29 is 13.9 Å². The van der Waals surface area contributed by atoms with Gasteiger partial charge in [0, 0.05) is 12.5 Å². The van der Waals surface area contributed by atoms with Crippen LogP contribution in [0.25, 0.3) is 0 Å². The Balaban J connectivity index is 2.84. The lowest BCUT2D eigenvalue weighted by Crippen LogP contribution is -2.07. The maximum atomic E-state index is 13.5. The third-order valence-corrected chi connectivity index (χ3v) is 2.71. The van der Waals surface area contributed by atoms with Crippen molar-refractivity contribution in [1.82, 2.24) is 0 Å². The Morgan fingerprint density at radius 3 is 2.69 bits per heavy atom. The van der Waals surface area contributed by atoms with Crippen molar-refractivity contribution in [2.24, 2.45) is 5.92 Å². The van der Waals surface area contributed by atoms with E-state index in [-0.39, 0.29) is 17.3 Å². The van der Waals surface area contributed by atoms with Gasteiger partial charge in [0.15, 0.2) is 5.78 Å². The summed E-state index contributed by atoms with van der Waals surface area (Å²) in [6.07, 6.45) is 1.31. The first-order valence-corrected chi connectivity index (χ1v) is 5.45. The second kappa shape index (κ2) is 5.64. The minimum absolute atomic E-state index is 0.144. The Kier molecular flexibility index (Phi) is 4.47. The minimum Gasteiger partial charge on any atom is -0.497 e. The van der Waals surface area contributed by atoms with Gasteiger partial charge in [-0.3, -0.25) is 4.79 Å². The lowest BCUT2D eigenvalue weighted by atomic mass is 9.97. The number of hydrogen-bond acceptors (Lipinski definition) is 2. The van der Waals surface area contributed by atoms with E-state index in [1.54, 1.807) is 6.07 Å². The zero-order valence-corrected chi connectivity index (χ0v) is 9.92. The second-order valence-corrected chi connectivity index (χ2v) is 3.99. The van der Waals surface area contributed by atoms with Gasteiger partial charge >= 0.3 is 0 Å². The van der Waals surface area contributed by atoms with Crippen molar-refractivity contribution in [3.05, 3.63) is 29.6 Å². The summed E-state index contributed by atoms with van der Waals surface area (Å²) in [6.45, 7) is 4.00. The fourth-order valence-electron chi connectivity index (χ4n) is 1.42.